The molecule has 1 aliphatic heterocycles. The zero-order chi connectivity index (χ0) is 17.3. The number of likely N-dealkylation sites (tertiary alicyclic amines) is 1. The van der Waals surface area contributed by atoms with E-state index in [1.165, 1.54) is 29.5 Å². The molecule has 0 unspecified atom stereocenters. The molecular weight excluding hydrogens is 302 g/mol. The standard InChI is InChI=1S/C19H25N3O2/c1-13-17(18(19(23)24)21(3)20-13)16-9-7-15(8-10-16)14(2)22-11-5-4-6-12-22/h7-10,14H,4-6,11-12H2,1-3H3,(H,23,24)/t14-/m0/s1. The topological polar surface area (TPSA) is 58.4 Å². The Morgan fingerprint density at radius 2 is 1.79 bits per heavy atom. The van der Waals surface area contributed by atoms with Crippen molar-refractivity contribution in [2.45, 2.75) is 39.2 Å². The van der Waals surface area contributed by atoms with Gasteiger partial charge in [0.15, 0.2) is 5.69 Å². The Balaban J connectivity index is 1.89. The number of aryl methyl sites for hydroxylation is 2. The maximum absolute atomic E-state index is 11.5. The lowest BCUT2D eigenvalue weighted by Gasteiger charge is -2.32. The average molecular weight is 327 g/mol. The third-order valence-electron chi connectivity index (χ3n) is 5.04. The first kappa shape index (κ1) is 16.7. The summed E-state index contributed by atoms with van der Waals surface area (Å²) in [7, 11) is 1.67. The lowest BCUT2D eigenvalue weighted by atomic mass is 9.98. The van der Waals surface area contributed by atoms with E-state index in [9.17, 15) is 9.90 Å². The van der Waals surface area contributed by atoms with Gasteiger partial charge in [-0.15, -0.1) is 0 Å². The Hall–Kier alpha value is -2.14. The molecule has 128 valence electrons. The summed E-state index contributed by atoms with van der Waals surface area (Å²) in [5.41, 5.74) is 3.88. The van der Waals surface area contributed by atoms with Crippen molar-refractivity contribution in [1.29, 1.82) is 0 Å². The van der Waals surface area contributed by atoms with Gasteiger partial charge in [0.1, 0.15) is 0 Å². The molecule has 1 fully saturated rings. The Bertz CT molecular complexity index is 728. The van der Waals surface area contributed by atoms with Crippen molar-refractivity contribution in [3.8, 4) is 11.1 Å². The van der Waals surface area contributed by atoms with Gasteiger partial charge in [-0.1, -0.05) is 30.7 Å². The number of hydrogen-bond acceptors (Lipinski definition) is 3. The van der Waals surface area contributed by atoms with Crippen LogP contribution in [-0.4, -0.2) is 38.8 Å². The molecule has 1 aliphatic rings. The number of piperidine rings is 1. The Labute approximate surface area is 142 Å². The summed E-state index contributed by atoms with van der Waals surface area (Å²) in [6.07, 6.45) is 3.89. The number of carboxylic acid groups (broad SMARTS) is 1. The van der Waals surface area contributed by atoms with Crippen LogP contribution in [0.2, 0.25) is 0 Å². The van der Waals surface area contributed by atoms with E-state index in [-0.39, 0.29) is 5.69 Å². The highest BCUT2D eigenvalue weighted by Gasteiger charge is 2.22. The predicted octanol–water partition coefficient (Wildman–Crippen LogP) is 3.64. The maximum Gasteiger partial charge on any atom is 0.354 e. The predicted molar refractivity (Wildman–Crippen MR) is 94.2 cm³/mol. The van der Waals surface area contributed by atoms with Crippen LogP contribution in [0.25, 0.3) is 11.1 Å². The molecule has 0 bridgehead atoms. The van der Waals surface area contributed by atoms with Crippen LogP contribution in [0, 0.1) is 6.92 Å². The molecule has 0 aliphatic carbocycles. The number of aromatic carboxylic acids is 1. The highest BCUT2D eigenvalue weighted by molar-refractivity contribution is 5.95. The van der Waals surface area contributed by atoms with Gasteiger partial charge in [-0.3, -0.25) is 9.58 Å². The number of hydrogen-bond donors (Lipinski definition) is 1. The monoisotopic (exact) mass is 327 g/mol. The molecule has 0 spiro atoms. The fourth-order valence-corrected chi connectivity index (χ4v) is 3.69. The van der Waals surface area contributed by atoms with E-state index in [1.54, 1.807) is 7.05 Å². The molecule has 0 saturated carbocycles. The summed E-state index contributed by atoms with van der Waals surface area (Å²) in [6.45, 7) is 6.42. The molecule has 1 aromatic carbocycles. The minimum Gasteiger partial charge on any atom is -0.477 e. The highest BCUT2D eigenvalue weighted by Crippen LogP contribution is 2.30. The molecule has 1 aromatic heterocycles. The van der Waals surface area contributed by atoms with Crippen molar-refractivity contribution >= 4 is 5.97 Å². The van der Waals surface area contributed by atoms with Crippen molar-refractivity contribution < 1.29 is 9.90 Å². The van der Waals surface area contributed by atoms with E-state index in [2.05, 4.69) is 29.1 Å². The van der Waals surface area contributed by atoms with Gasteiger partial charge in [0.25, 0.3) is 0 Å². The Morgan fingerprint density at radius 1 is 1.17 bits per heavy atom. The molecule has 5 heteroatoms. The highest BCUT2D eigenvalue weighted by atomic mass is 16.4. The normalized spacial score (nSPS) is 17.0. The van der Waals surface area contributed by atoms with Gasteiger partial charge in [-0.05, 0) is 50.9 Å². The van der Waals surface area contributed by atoms with Gasteiger partial charge in [-0.25, -0.2) is 4.79 Å². The van der Waals surface area contributed by atoms with Crippen molar-refractivity contribution in [2.24, 2.45) is 7.05 Å². The quantitative estimate of drug-likeness (QED) is 0.931. The van der Waals surface area contributed by atoms with Gasteiger partial charge >= 0.3 is 5.97 Å². The lowest BCUT2D eigenvalue weighted by Crippen LogP contribution is -2.32. The average Bonchev–Trinajstić information content (AvgIpc) is 2.89. The van der Waals surface area contributed by atoms with E-state index in [4.69, 9.17) is 0 Å². The van der Waals surface area contributed by atoms with Crippen LogP contribution in [0.4, 0.5) is 0 Å². The van der Waals surface area contributed by atoms with Gasteiger partial charge in [0.2, 0.25) is 0 Å². The van der Waals surface area contributed by atoms with Crippen LogP contribution in [0.1, 0.15) is 54.0 Å². The van der Waals surface area contributed by atoms with Crippen molar-refractivity contribution in [3.05, 3.63) is 41.2 Å². The first-order valence-corrected chi connectivity index (χ1v) is 8.60. The number of nitrogens with zero attached hydrogens (tertiary/aromatic N) is 3. The molecule has 2 aromatic rings. The molecule has 1 atom stereocenters. The minimum absolute atomic E-state index is 0.240. The Morgan fingerprint density at radius 3 is 2.38 bits per heavy atom. The third-order valence-corrected chi connectivity index (χ3v) is 5.04. The molecule has 2 heterocycles. The fourth-order valence-electron chi connectivity index (χ4n) is 3.69. The molecule has 3 rings (SSSR count). The van der Waals surface area contributed by atoms with Crippen LogP contribution in [-0.2, 0) is 7.05 Å². The second-order valence-corrected chi connectivity index (χ2v) is 6.63. The number of aromatic nitrogens is 2. The summed E-state index contributed by atoms with van der Waals surface area (Å²) in [4.78, 5) is 14.1. The maximum atomic E-state index is 11.5. The van der Waals surface area contributed by atoms with Crippen LogP contribution in [0.5, 0.6) is 0 Å². The first-order valence-electron chi connectivity index (χ1n) is 8.60. The fraction of sp³-hybridized carbons (Fsp3) is 0.474. The molecule has 0 amide bonds. The summed E-state index contributed by atoms with van der Waals surface area (Å²) >= 11 is 0. The second kappa shape index (κ2) is 6.77. The molecule has 24 heavy (non-hydrogen) atoms. The van der Waals surface area contributed by atoms with Gasteiger partial charge < -0.3 is 5.11 Å². The SMILES string of the molecule is Cc1nn(C)c(C(=O)O)c1-c1ccc([C@H](C)N2CCCCC2)cc1. The lowest BCUT2D eigenvalue weighted by molar-refractivity contribution is 0.0686. The number of carbonyl (C=O) groups is 1. The van der Waals surface area contributed by atoms with E-state index < -0.39 is 5.97 Å². The van der Waals surface area contributed by atoms with Crippen LogP contribution in [0.15, 0.2) is 24.3 Å². The van der Waals surface area contributed by atoms with Crippen LogP contribution >= 0.6 is 0 Å². The number of rotatable bonds is 4. The van der Waals surface area contributed by atoms with E-state index in [0.717, 1.165) is 24.3 Å². The molecule has 5 nitrogen and oxygen atoms in total. The third kappa shape index (κ3) is 3.08. The molecular formula is C19H25N3O2. The van der Waals surface area contributed by atoms with E-state index >= 15 is 0 Å². The summed E-state index contributed by atoms with van der Waals surface area (Å²) < 4.78 is 1.44. The molecule has 1 N–H and O–H groups in total. The first-order chi connectivity index (χ1) is 11.5. The van der Waals surface area contributed by atoms with E-state index in [0.29, 0.717) is 11.6 Å². The minimum atomic E-state index is -0.945. The summed E-state index contributed by atoms with van der Waals surface area (Å²) in [6, 6.07) is 8.67. The number of carboxylic acids is 1. The van der Waals surface area contributed by atoms with Gasteiger partial charge in [0.05, 0.1) is 5.69 Å². The second-order valence-electron chi connectivity index (χ2n) is 6.63. The zero-order valence-electron chi connectivity index (χ0n) is 14.6. The largest absolute Gasteiger partial charge is 0.477 e. The van der Waals surface area contributed by atoms with Crippen LogP contribution < -0.4 is 0 Å². The molecule has 0 radical (unpaired) electrons. The summed E-state index contributed by atoms with van der Waals surface area (Å²) in [5.74, 6) is -0.945. The van der Waals surface area contributed by atoms with Gasteiger partial charge in [0, 0.05) is 18.7 Å². The smallest absolute Gasteiger partial charge is 0.354 e. The van der Waals surface area contributed by atoms with Crippen molar-refractivity contribution in [3.63, 3.8) is 0 Å². The van der Waals surface area contributed by atoms with Crippen molar-refractivity contribution in [2.75, 3.05) is 13.1 Å². The summed E-state index contributed by atoms with van der Waals surface area (Å²) in [5, 5.41) is 13.7. The zero-order valence-corrected chi connectivity index (χ0v) is 14.6. The van der Waals surface area contributed by atoms with Crippen LogP contribution in [0.3, 0.4) is 0 Å². The van der Waals surface area contributed by atoms with Gasteiger partial charge in [-0.2, -0.15) is 5.10 Å². The van der Waals surface area contributed by atoms with E-state index in [1.807, 2.05) is 19.1 Å². The molecule has 1 saturated heterocycles. The van der Waals surface area contributed by atoms with Crippen molar-refractivity contribution in [1.82, 2.24) is 14.7 Å². The number of benzene rings is 1. The Kier molecular flexibility index (Phi) is 4.71.